The molecule has 9 nitrogen and oxygen atoms in total. The van der Waals surface area contributed by atoms with E-state index in [2.05, 4.69) is 6.08 Å². The van der Waals surface area contributed by atoms with Gasteiger partial charge in [0, 0.05) is 56.8 Å². The first kappa shape index (κ1) is 27.4. The molecule has 2 fully saturated rings. The summed E-state index contributed by atoms with van der Waals surface area (Å²) >= 11 is 0. The van der Waals surface area contributed by atoms with Crippen LogP contribution in [0, 0.1) is 11.8 Å². The third kappa shape index (κ3) is 6.52. The van der Waals surface area contributed by atoms with E-state index in [1.54, 1.807) is 21.9 Å². The van der Waals surface area contributed by atoms with Crippen molar-refractivity contribution >= 4 is 24.1 Å². The molecular formula is C31H36N4O5. The van der Waals surface area contributed by atoms with Crippen LogP contribution >= 0.6 is 0 Å². The Morgan fingerprint density at radius 1 is 0.900 bits per heavy atom. The van der Waals surface area contributed by atoms with Gasteiger partial charge in [-0.2, -0.15) is 0 Å². The van der Waals surface area contributed by atoms with Crippen LogP contribution in [-0.2, 0) is 20.9 Å². The van der Waals surface area contributed by atoms with Crippen LogP contribution in [0.2, 0.25) is 0 Å². The van der Waals surface area contributed by atoms with Crippen LogP contribution in [0.25, 0.3) is 0 Å². The van der Waals surface area contributed by atoms with Crippen molar-refractivity contribution < 1.29 is 23.9 Å². The lowest BCUT2D eigenvalue weighted by Crippen LogP contribution is -2.50. The molecule has 2 aromatic rings. The molecule has 9 heteroatoms. The van der Waals surface area contributed by atoms with E-state index in [1.165, 1.54) is 0 Å². The van der Waals surface area contributed by atoms with Gasteiger partial charge in [-0.1, -0.05) is 48.6 Å². The minimum atomic E-state index is -0.205. The molecule has 210 valence electrons. The molecule has 3 heterocycles. The first-order valence-corrected chi connectivity index (χ1v) is 14.0. The van der Waals surface area contributed by atoms with Crippen molar-refractivity contribution in [2.75, 3.05) is 52.4 Å². The van der Waals surface area contributed by atoms with Crippen LogP contribution in [0.5, 0.6) is 5.75 Å². The van der Waals surface area contributed by atoms with Gasteiger partial charge in [0.25, 0.3) is 5.91 Å². The number of amides is 4. The van der Waals surface area contributed by atoms with Crippen molar-refractivity contribution in [3.63, 3.8) is 0 Å². The molecule has 0 saturated carbocycles. The smallest absolute Gasteiger partial charge is 0.254 e. The highest BCUT2D eigenvalue weighted by molar-refractivity contribution is 5.96. The van der Waals surface area contributed by atoms with Crippen molar-refractivity contribution in [1.29, 1.82) is 0 Å². The van der Waals surface area contributed by atoms with Crippen molar-refractivity contribution in [3.8, 4) is 5.75 Å². The van der Waals surface area contributed by atoms with Crippen molar-refractivity contribution in [2.45, 2.75) is 19.4 Å². The van der Waals surface area contributed by atoms with Gasteiger partial charge in [0.15, 0.2) is 0 Å². The summed E-state index contributed by atoms with van der Waals surface area (Å²) in [6.45, 7) is 3.82. The molecule has 0 unspecified atom stereocenters. The molecule has 2 aromatic carbocycles. The summed E-state index contributed by atoms with van der Waals surface area (Å²) in [5.41, 5.74) is 1.37. The number of carbonyl (C=O) groups is 4. The Balaban J connectivity index is 1.34. The van der Waals surface area contributed by atoms with Crippen molar-refractivity contribution in [3.05, 3.63) is 77.9 Å². The van der Waals surface area contributed by atoms with E-state index in [-0.39, 0.29) is 42.6 Å². The van der Waals surface area contributed by atoms with Gasteiger partial charge in [-0.15, -0.1) is 0 Å². The van der Waals surface area contributed by atoms with Gasteiger partial charge in [-0.25, -0.2) is 0 Å². The number of piperidine rings is 1. The fraction of sp³-hybridized carbons (Fsp3) is 0.419. The standard InChI is InChI=1S/C31H36N4O5/c36-23-32-14-16-33(17-15-32)29(37)19-25-12-13-34-20-26(25)10-6-18-40-28-11-5-4-9-27(28)21-35(22-30(34)38)31(39)24-7-2-1-3-8-24/h1-11,23,25-26H,12-22H2/b10-6-/t25-,26-/m0/s1. The second-order valence-electron chi connectivity index (χ2n) is 10.7. The zero-order chi connectivity index (χ0) is 27.9. The van der Waals surface area contributed by atoms with Gasteiger partial charge in [0.1, 0.15) is 18.9 Å². The maximum atomic E-state index is 13.6. The average molecular weight is 545 g/mol. The molecule has 2 saturated heterocycles. The fourth-order valence-corrected chi connectivity index (χ4v) is 5.73. The molecule has 3 aliphatic heterocycles. The normalized spacial score (nSPS) is 22.6. The first-order chi connectivity index (χ1) is 19.5. The number of hydrogen-bond donors (Lipinski definition) is 0. The molecule has 0 aliphatic carbocycles. The van der Waals surface area contributed by atoms with E-state index in [4.69, 9.17) is 4.74 Å². The lowest BCUT2D eigenvalue weighted by Gasteiger charge is -2.39. The lowest BCUT2D eigenvalue weighted by molar-refractivity contribution is -0.138. The predicted molar refractivity (Wildman–Crippen MR) is 149 cm³/mol. The summed E-state index contributed by atoms with van der Waals surface area (Å²) in [6, 6.07) is 16.6. The second kappa shape index (κ2) is 12.8. The number of piperazine rings is 1. The van der Waals surface area contributed by atoms with Gasteiger partial charge in [0.05, 0.1) is 6.54 Å². The minimum absolute atomic E-state index is 0.00390. The monoisotopic (exact) mass is 544 g/mol. The number of ether oxygens (including phenoxy) is 1. The number of nitrogens with zero attached hydrogens (tertiary/aromatic N) is 4. The van der Waals surface area contributed by atoms with E-state index in [1.807, 2.05) is 58.3 Å². The molecule has 4 amide bonds. The Hall–Kier alpha value is -4.14. The first-order valence-electron chi connectivity index (χ1n) is 14.0. The number of fused-ring (bicyclic) bond motifs is 3. The third-order valence-electron chi connectivity index (χ3n) is 8.10. The largest absolute Gasteiger partial charge is 0.489 e. The average Bonchev–Trinajstić information content (AvgIpc) is 3.00. The fourth-order valence-electron chi connectivity index (χ4n) is 5.73. The van der Waals surface area contributed by atoms with Gasteiger partial charge in [0.2, 0.25) is 18.2 Å². The Bertz CT molecular complexity index is 1240. The molecule has 2 bridgehead atoms. The summed E-state index contributed by atoms with van der Waals surface area (Å²) < 4.78 is 6.10. The SMILES string of the molecule is O=CN1CCN(C(=O)C[C@@H]2CCN3C[C@@H]2/C=C\COc2ccccc2CN(C(=O)c2ccccc2)CC3=O)CC1. The molecule has 40 heavy (non-hydrogen) atoms. The predicted octanol–water partition coefficient (Wildman–Crippen LogP) is 2.43. The molecule has 0 aromatic heterocycles. The highest BCUT2D eigenvalue weighted by Gasteiger charge is 2.34. The topological polar surface area (TPSA) is 90.5 Å². The van der Waals surface area contributed by atoms with E-state index >= 15 is 0 Å². The Morgan fingerprint density at radius 3 is 2.42 bits per heavy atom. The number of rotatable bonds is 4. The maximum absolute atomic E-state index is 13.6. The zero-order valence-corrected chi connectivity index (χ0v) is 22.7. The minimum Gasteiger partial charge on any atom is -0.489 e. The third-order valence-corrected chi connectivity index (χ3v) is 8.10. The summed E-state index contributed by atoms with van der Waals surface area (Å²) in [5.74, 6) is 0.552. The Kier molecular flexibility index (Phi) is 8.78. The van der Waals surface area contributed by atoms with E-state index < -0.39 is 0 Å². The molecule has 0 radical (unpaired) electrons. The van der Waals surface area contributed by atoms with Gasteiger partial charge >= 0.3 is 0 Å². The van der Waals surface area contributed by atoms with Crippen molar-refractivity contribution in [1.82, 2.24) is 19.6 Å². The van der Waals surface area contributed by atoms with Gasteiger partial charge in [-0.05, 0) is 36.5 Å². The van der Waals surface area contributed by atoms with E-state index in [0.717, 1.165) is 12.0 Å². The summed E-state index contributed by atoms with van der Waals surface area (Å²) in [4.78, 5) is 58.2. The molecule has 5 rings (SSSR count). The Morgan fingerprint density at radius 2 is 1.65 bits per heavy atom. The zero-order valence-electron chi connectivity index (χ0n) is 22.7. The van der Waals surface area contributed by atoms with Gasteiger partial charge in [-0.3, -0.25) is 19.2 Å². The van der Waals surface area contributed by atoms with Crippen LogP contribution < -0.4 is 4.74 Å². The summed E-state index contributed by atoms with van der Waals surface area (Å²) in [6.07, 6.45) is 5.99. The molecule has 0 N–H and O–H groups in total. The number of carbonyl (C=O) groups excluding carboxylic acids is 4. The van der Waals surface area contributed by atoms with Crippen LogP contribution in [0.15, 0.2) is 66.7 Å². The highest BCUT2D eigenvalue weighted by Crippen LogP contribution is 2.30. The van der Waals surface area contributed by atoms with Crippen LogP contribution in [0.1, 0.15) is 28.8 Å². The summed E-state index contributed by atoms with van der Waals surface area (Å²) in [5, 5.41) is 0. The quantitative estimate of drug-likeness (QED) is 0.436. The molecular weight excluding hydrogens is 508 g/mol. The summed E-state index contributed by atoms with van der Waals surface area (Å²) in [7, 11) is 0. The molecule has 0 spiro atoms. The highest BCUT2D eigenvalue weighted by atomic mass is 16.5. The van der Waals surface area contributed by atoms with E-state index in [9.17, 15) is 19.2 Å². The number of hydrogen-bond acceptors (Lipinski definition) is 5. The van der Waals surface area contributed by atoms with Crippen molar-refractivity contribution in [2.24, 2.45) is 11.8 Å². The van der Waals surface area contributed by atoms with Crippen LogP contribution in [0.3, 0.4) is 0 Å². The van der Waals surface area contributed by atoms with Crippen LogP contribution in [-0.4, -0.2) is 96.2 Å². The number of benzene rings is 2. The molecule has 2 atom stereocenters. The molecule has 3 aliphatic rings. The van der Waals surface area contributed by atoms with E-state index in [0.29, 0.717) is 70.0 Å². The van der Waals surface area contributed by atoms with Gasteiger partial charge < -0.3 is 24.3 Å². The maximum Gasteiger partial charge on any atom is 0.254 e. The lowest BCUT2D eigenvalue weighted by atomic mass is 9.82. The van der Waals surface area contributed by atoms with Crippen LogP contribution in [0.4, 0.5) is 0 Å². The Labute approximate surface area is 235 Å². The number of para-hydroxylation sites is 1. The second-order valence-corrected chi connectivity index (χ2v) is 10.7.